The fourth-order valence-electron chi connectivity index (χ4n) is 3.66. The number of sulfonamides is 1. The van der Waals surface area contributed by atoms with Gasteiger partial charge in [0, 0.05) is 18.7 Å². The zero-order chi connectivity index (χ0) is 23.0. The van der Waals surface area contributed by atoms with Gasteiger partial charge in [0.05, 0.1) is 10.1 Å². The molecule has 11 heteroatoms. The first-order valence-corrected chi connectivity index (χ1v) is 12.9. The maximum Gasteiger partial charge on any atom is 0.257 e. The van der Waals surface area contributed by atoms with Gasteiger partial charge in [-0.15, -0.1) is 10.2 Å². The van der Waals surface area contributed by atoms with Crippen molar-refractivity contribution in [1.82, 2.24) is 19.5 Å². The SMILES string of the molecule is C[C@@H](Sc1nc2cc(S(=O)(=O)N3CCCCC3)ccc2o1)c1nnc(-c2ccc(F)cc2)o1. The lowest BCUT2D eigenvalue weighted by Gasteiger charge is -2.25. The third-order valence-electron chi connectivity index (χ3n) is 5.45. The van der Waals surface area contributed by atoms with Crippen LogP contribution in [-0.4, -0.2) is 41.0 Å². The van der Waals surface area contributed by atoms with Gasteiger partial charge in [0.1, 0.15) is 11.3 Å². The predicted molar refractivity (Wildman–Crippen MR) is 121 cm³/mol. The molecule has 0 radical (unpaired) electrons. The van der Waals surface area contributed by atoms with Crippen LogP contribution in [0, 0.1) is 5.82 Å². The summed E-state index contributed by atoms with van der Waals surface area (Å²) >= 11 is 1.28. The highest BCUT2D eigenvalue weighted by molar-refractivity contribution is 7.99. The van der Waals surface area contributed by atoms with E-state index in [0.717, 1.165) is 19.3 Å². The van der Waals surface area contributed by atoms with Gasteiger partial charge in [-0.2, -0.15) is 4.31 Å². The number of nitrogens with zero attached hydrogens (tertiary/aromatic N) is 4. The van der Waals surface area contributed by atoms with E-state index in [4.69, 9.17) is 8.83 Å². The molecule has 1 aliphatic rings. The first kappa shape index (κ1) is 22.1. The van der Waals surface area contributed by atoms with E-state index in [1.54, 1.807) is 30.3 Å². The minimum absolute atomic E-state index is 0.218. The van der Waals surface area contributed by atoms with Crippen LogP contribution in [0.4, 0.5) is 4.39 Å². The summed E-state index contributed by atoms with van der Waals surface area (Å²) in [5.74, 6) is 0.322. The van der Waals surface area contributed by atoms with E-state index < -0.39 is 10.0 Å². The first-order chi connectivity index (χ1) is 15.9. The van der Waals surface area contributed by atoms with Crippen molar-refractivity contribution in [1.29, 1.82) is 0 Å². The lowest BCUT2D eigenvalue weighted by molar-refractivity contribution is 0.346. The van der Waals surface area contributed by atoms with Gasteiger partial charge in [0.15, 0.2) is 5.58 Å². The van der Waals surface area contributed by atoms with Crippen LogP contribution in [0.3, 0.4) is 0 Å². The number of rotatable bonds is 6. The second kappa shape index (κ2) is 8.88. The highest BCUT2D eigenvalue weighted by atomic mass is 32.2. The average Bonchev–Trinajstić information content (AvgIpc) is 3.46. The van der Waals surface area contributed by atoms with Crippen LogP contribution < -0.4 is 0 Å². The van der Waals surface area contributed by atoms with E-state index in [-0.39, 0.29) is 16.0 Å². The second-order valence-corrected chi connectivity index (χ2v) is 11.0. The van der Waals surface area contributed by atoms with Crippen molar-refractivity contribution < 1.29 is 21.6 Å². The molecule has 0 amide bonds. The smallest absolute Gasteiger partial charge is 0.257 e. The molecular formula is C22H21FN4O4S2. The van der Waals surface area contributed by atoms with Crippen molar-refractivity contribution in [3.63, 3.8) is 0 Å². The zero-order valence-electron chi connectivity index (χ0n) is 17.8. The summed E-state index contributed by atoms with van der Waals surface area (Å²) in [6, 6.07) is 10.5. The van der Waals surface area contributed by atoms with E-state index in [1.807, 2.05) is 6.92 Å². The highest BCUT2D eigenvalue weighted by Gasteiger charge is 2.27. The third-order valence-corrected chi connectivity index (χ3v) is 8.28. The van der Waals surface area contributed by atoms with Crippen molar-refractivity contribution in [2.45, 2.75) is 41.6 Å². The van der Waals surface area contributed by atoms with Gasteiger partial charge in [0.25, 0.3) is 5.22 Å². The topological polar surface area (TPSA) is 102 Å². The molecule has 1 aliphatic heterocycles. The summed E-state index contributed by atoms with van der Waals surface area (Å²) < 4.78 is 52.1. The van der Waals surface area contributed by atoms with Gasteiger partial charge in [-0.25, -0.2) is 17.8 Å². The van der Waals surface area contributed by atoms with Gasteiger partial charge in [0.2, 0.25) is 21.8 Å². The van der Waals surface area contributed by atoms with Crippen molar-refractivity contribution in [2.75, 3.05) is 13.1 Å². The summed E-state index contributed by atoms with van der Waals surface area (Å²) in [7, 11) is -3.55. The lowest BCUT2D eigenvalue weighted by atomic mass is 10.2. The second-order valence-electron chi connectivity index (χ2n) is 7.79. The van der Waals surface area contributed by atoms with Gasteiger partial charge < -0.3 is 8.83 Å². The summed E-state index contributed by atoms with van der Waals surface area (Å²) in [5, 5.41) is 8.21. The van der Waals surface area contributed by atoms with Crippen LogP contribution >= 0.6 is 11.8 Å². The van der Waals surface area contributed by atoms with Gasteiger partial charge in [-0.05, 0) is 62.2 Å². The minimum atomic E-state index is -3.55. The third kappa shape index (κ3) is 4.53. The summed E-state index contributed by atoms with van der Waals surface area (Å²) in [4.78, 5) is 4.67. The number of oxazole rings is 1. The van der Waals surface area contributed by atoms with Crippen LogP contribution in [0.5, 0.6) is 0 Å². The Hall–Kier alpha value is -2.76. The normalized spacial score (nSPS) is 16.3. The molecule has 172 valence electrons. The quantitative estimate of drug-likeness (QED) is 0.348. The highest BCUT2D eigenvalue weighted by Crippen LogP contribution is 2.36. The number of fused-ring (bicyclic) bond motifs is 1. The molecule has 2 aromatic carbocycles. The van der Waals surface area contributed by atoms with Crippen molar-refractivity contribution >= 4 is 32.9 Å². The molecule has 1 fully saturated rings. The fourth-order valence-corrected chi connectivity index (χ4v) is 5.99. The molecule has 4 aromatic rings. The number of benzene rings is 2. The maximum absolute atomic E-state index is 13.1. The number of aromatic nitrogens is 3. The molecule has 0 spiro atoms. The standard InChI is InChI=1S/C22H21FN4O4S2/c1-14(20-25-26-21(31-20)15-5-7-16(23)8-6-15)32-22-24-18-13-17(9-10-19(18)30-22)33(28,29)27-11-3-2-4-12-27/h5-10,13-14H,2-4,11-12H2,1H3/t14-/m1/s1. The van der Waals surface area contributed by atoms with Crippen LogP contribution in [-0.2, 0) is 10.0 Å². The van der Waals surface area contributed by atoms with E-state index in [1.165, 1.54) is 28.2 Å². The number of piperidine rings is 1. The first-order valence-electron chi connectivity index (χ1n) is 10.6. The fraction of sp³-hybridized carbons (Fsp3) is 0.318. The molecule has 0 saturated carbocycles. The lowest BCUT2D eigenvalue weighted by Crippen LogP contribution is -2.35. The predicted octanol–water partition coefficient (Wildman–Crippen LogP) is 5.04. The number of hydrogen-bond acceptors (Lipinski definition) is 8. The molecule has 3 heterocycles. The monoisotopic (exact) mass is 488 g/mol. The largest absolute Gasteiger partial charge is 0.431 e. The molecule has 0 bridgehead atoms. The Kier molecular flexibility index (Phi) is 5.94. The summed E-state index contributed by atoms with van der Waals surface area (Å²) in [6.45, 7) is 2.96. The number of thioether (sulfide) groups is 1. The van der Waals surface area contributed by atoms with E-state index >= 15 is 0 Å². The average molecular weight is 489 g/mol. The molecule has 0 unspecified atom stereocenters. The van der Waals surface area contributed by atoms with Crippen LogP contribution in [0.2, 0.25) is 0 Å². The van der Waals surface area contributed by atoms with Crippen molar-refractivity contribution in [2.24, 2.45) is 0 Å². The Labute approximate surface area is 194 Å². The Morgan fingerprint density at radius 1 is 1.03 bits per heavy atom. The Morgan fingerprint density at radius 2 is 1.79 bits per heavy atom. The van der Waals surface area contributed by atoms with Crippen molar-refractivity contribution in [3.8, 4) is 11.5 Å². The Morgan fingerprint density at radius 3 is 2.55 bits per heavy atom. The van der Waals surface area contributed by atoms with Crippen molar-refractivity contribution in [3.05, 3.63) is 54.2 Å². The Balaban J connectivity index is 1.34. The zero-order valence-corrected chi connectivity index (χ0v) is 19.4. The maximum atomic E-state index is 13.1. The van der Waals surface area contributed by atoms with E-state index in [0.29, 0.717) is 46.8 Å². The molecule has 33 heavy (non-hydrogen) atoms. The van der Waals surface area contributed by atoms with E-state index in [9.17, 15) is 12.8 Å². The molecule has 2 aromatic heterocycles. The number of halogens is 1. The molecule has 1 saturated heterocycles. The van der Waals surface area contributed by atoms with Crippen LogP contribution in [0.15, 0.2) is 61.4 Å². The van der Waals surface area contributed by atoms with E-state index in [2.05, 4.69) is 15.2 Å². The Bertz CT molecular complexity index is 1380. The molecule has 0 aliphatic carbocycles. The number of hydrogen-bond donors (Lipinski definition) is 0. The minimum Gasteiger partial charge on any atom is -0.431 e. The molecule has 5 rings (SSSR count). The van der Waals surface area contributed by atoms with Gasteiger partial charge >= 0.3 is 0 Å². The summed E-state index contributed by atoms with van der Waals surface area (Å²) in [5.41, 5.74) is 1.59. The molecule has 0 N–H and O–H groups in total. The molecular weight excluding hydrogens is 467 g/mol. The van der Waals surface area contributed by atoms with Crippen LogP contribution in [0.25, 0.3) is 22.6 Å². The van der Waals surface area contributed by atoms with Crippen LogP contribution in [0.1, 0.15) is 37.3 Å². The van der Waals surface area contributed by atoms with Gasteiger partial charge in [-0.3, -0.25) is 0 Å². The molecule has 8 nitrogen and oxygen atoms in total. The summed E-state index contributed by atoms with van der Waals surface area (Å²) in [6.07, 6.45) is 2.81. The van der Waals surface area contributed by atoms with Gasteiger partial charge in [-0.1, -0.05) is 18.2 Å². The molecule has 1 atom stereocenters.